The third kappa shape index (κ3) is 35.6. The number of hydrogen-bond donors (Lipinski definition) is 1. The van der Waals surface area contributed by atoms with E-state index in [0.29, 0.717) is 17.4 Å². The minimum Gasteiger partial charge on any atom is -0.477 e. The molecule has 0 spiro atoms. The molecule has 300 valence electrons. The number of ether oxygens (including phenoxy) is 4. The highest BCUT2D eigenvalue weighted by Gasteiger charge is 2.25. The van der Waals surface area contributed by atoms with E-state index in [9.17, 15) is 19.5 Å². The third-order valence-electron chi connectivity index (χ3n) is 8.36. The van der Waals surface area contributed by atoms with Gasteiger partial charge in [0.25, 0.3) is 6.29 Å². The largest absolute Gasteiger partial charge is 0.477 e. The van der Waals surface area contributed by atoms with Crippen LogP contribution in [0.5, 0.6) is 0 Å². The monoisotopic (exact) mass is 735 g/mol. The number of hydrogen-bond acceptors (Lipinski definition) is 7. The molecule has 0 heterocycles. The van der Waals surface area contributed by atoms with Crippen LogP contribution in [0.4, 0.5) is 0 Å². The van der Waals surface area contributed by atoms with E-state index < -0.39 is 24.3 Å². The van der Waals surface area contributed by atoms with Gasteiger partial charge in [-0.2, -0.15) is 0 Å². The van der Waals surface area contributed by atoms with Crippen LogP contribution < -0.4 is 0 Å². The molecule has 0 aliphatic heterocycles. The van der Waals surface area contributed by atoms with Crippen molar-refractivity contribution < 1.29 is 42.9 Å². The molecule has 0 amide bonds. The first-order valence-electron chi connectivity index (χ1n) is 20.3. The van der Waals surface area contributed by atoms with Gasteiger partial charge in [-0.3, -0.25) is 9.59 Å². The molecule has 0 saturated heterocycles. The maximum atomic E-state index is 12.7. The normalized spacial score (nSPS) is 13.5. The summed E-state index contributed by atoms with van der Waals surface area (Å²) in [5.74, 6) is -2.12. The van der Waals surface area contributed by atoms with Crippen molar-refractivity contribution in [1.29, 1.82) is 0 Å². The van der Waals surface area contributed by atoms with Gasteiger partial charge in [-0.15, -0.1) is 0 Å². The van der Waals surface area contributed by atoms with E-state index in [-0.39, 0.29) is 38.6 Å². The Morgan fingerprint density at radius 3 is 1.60 bits per heavy atom. The molecular formula is C43H76NO8+. The van der Waals surface area contributed by atoms with E-state index >= 15 is 0 Å². The summed E-state index contributed by atoms with van der Waals surface area (Å²) in [7, 11) is 5.92. The van der Waals surface area contributed by atoms with Crippen LogP contribution in [0.25, 0.3) is 0 Å². The fourth-order valence-electron chi connectivity index (χ4n) is 5.20. The summed E-state index contributed by atoms with van der Waals surface area (Å²) < 4.78 is 22.5. The molecule has 0 aromatic heterocycles. The highest BCUT2D eigenvalue weighted by atomic mass is 16.7. The topological polar surface area (TPSA) is 108 Å². The number of rotatable bonds is 36. The quantitative estimate of drug-likeness (QED) is 0.0223. The molecule has 52 heavy (non-hydrogen) atoms. The first-order valence-corrected chi connectivity index (χ1v) is 20.3. The summed E-state index contributed by atoms with van der Waals surface area (Å²) in [5.41, 5.74) is 0. The van der Waals surface area contributed by atoms with Gasteiger partial charge in [0.1, 0.15) is 13.2 Å². The summed E-state index contributed by atoms with van der Waals surface area (Å²) in [6.45, 7) is 4.65. The first kappa shape index (κ1) is 49.2. The van der Waals surface area contributed by atoms with E-state index in [0.717, 1.165) is 44.9 Å². The van der Waals surface area contributed by atoms with Crippen LogP contribution in [0, 0.1) is 0 Å². The zero-order valence-electron chi connectivity index (χ0n) is 33.7. The fraction of sp³-hybridized carbons (Fsp3) is 0.744. The Hall–Kier alpha value is -2.75. The number of likely N-dealkylation sites (N-methyl/N-ethyl adjacent to an activating group) is 1. The lowest BCUT2D eigenvalue weighted by atomic mass is 10.0. The van der Waals surface area contributed by atoms with Crippen molar-refractivity contribution in [1.82, 2.24) is 0 Å². The maximum absolute atomic E-state index is 12.7. The molecule has 0 rings (SSSR count). The number of aliphatic carboxylic acids is 1. The van der Waals surface area contributed by atoms with Crippen LogP contribution in [0.1, 0.15) is 149 Å². The van der Waals surface area contributed by atoms with Gasteiger partial charge in [0, 0.05) is 12.8 Å². The Balaban J connectivity index is 4.60. The van der Waals surface area contributed by atoms with Crippen LogP contribution in [-0.4, -0.2) is 87.4 Å². The number of carboxylic acids is 1. The highest BCUT2D eigenvalue weighted by Crippen LogP contribution is 2.14. The Morgan fingerprint density at radius 2 is 1.10 bits per heavy atom. The van der Waals surface area contributed by atoms with Gasteiger partial charge >= 0.3 is 17.9 Å². The predicted molar refractivity (Wildman–Crippen MR) is 212 cm³/mol. The molecule has 0 radical (unpaired) electrons. The molecule has 0 aliphatic rings. The fourth-order valence-corrected chi connectivity index (χ4v) is 5.20. The molecular weight excluding hydrogens is 658 g/mol. The minimum atomic E-state index is -1.52. The zero-order chi connectivity index (χ0) is 38.5. The number of quaternary nitrogens is 1. The van der Waals surface area contributed by atoms with Crippen molar-refractivity contribution in [2.45, 2.75) is 161 Å². The van der Waals surface area contributed by atoms with Crippen LogP contribution in [0.3, 0.4) is 0 Å². The van der Waals surface area contributed by atoms with Gasteiger partial charge in [0.05, 0.1) is 34.4 Å². The second-order valence-electron chi connectivity index (χ2n) is 14.6. The molecule has 1 N–H and O–H groups in total. The molecule has 0 fully saturated rings. The van der Waals surface area contributed by atoms with E-state index in [2.05, 4.69) is 50.3 Å². The predicted octanol–water partition coefficient (Wildman–Crippen LogP) is 10.0. The van der Waals surface area contributed by atoms with E-state index in [1.807, 2.05) is 33.3 Å². The molecule has 0 aromatic carbocycles. The second-order valence-corrected chi connectivity index (χ2v) is 14.6. The molecule has 2 unspecified atom stereocenters. The average Bonchev–Trinajstić information content (AvgIpc) is 3.09. The Labute approximate surface area is 317 Å². The van der Waals surface area contributed by atoms with Crippen molar-refractivity contribution in [3.05, 3.63) is 48.6 Å². The number of esters is 2. The number of carboxylic acid groups (broad SMARTS) is 1. The highest BCUT2D eigenvalue weighted by molar-refractivity contribution is 5.71. The van der Waals surface area contributed by atoms with Gasteiger partial charge in [0.15, 0.2) is 6.10 Å². The van der Waals surface area contributed by atoms with Crippen molar-refractivity contribution in [2.24, 2.45) is 0 Å². The van der Waals surface area contributed by atoms with Crippen LogP contribution >= 0.6 is 0 Å². The number of nitrogens with zero attached hydrogens (tertiary/aromatic N) is 1. The van der Waals surface area contributed by atoms with Gasteiger partial charge in [-0.25, -0.2) is 4.79 Å². The van der Waals surface area contributed by atoms with Crippen molar-refractivity contribution in [3.8, 4) is 0 Å². The molecule has 0 saturated carbocycles. The van der Waals surface area contributed by atoms with Crippen LogP contribution in [0.2, 0.25) is 0 Å². The number of allylic oxidation sites excluding steroid dienone is 8. The lowest BCUT2D eigenvalue weighted by molar-refractivity contribution is -0.870. The molecule has 9 nitrogen and oxygen atoms in total. The van der Waals surface area contributed by atoms with E-state index in [1.165, 1.54) is 70.6 Å². The second kappa shape index (κ2) is 35.3. The van der Waals surface area contributed by atoms with Crippen molar-refractivity contribution >= 4 is 17.9 Å². The number of carbonyl (C=O) groups excluding carboxylic acids is 2. The minimum absolute atomic E-state index is 0.139. The third-order valence-corrected chi connectivity index (χ3v) is 8.36. The zero-order valence-corrected chi connectivity index (χ0v) is 33.7. The smallest absolute Gasteiger partial charge is 0.361 e. The summed E-state index contributed by atoms with van der Waals surface area (Å²) in [6, 6.07) is 0. The lowest BCUT2D eigenvalue weighted by Gasteiger charge is -2.25. The Bertz CT molecular complexity index is 998. The average molecular weight is 735 g/mol. The van der Waals surface area contributed by atoms with E-state index in [1.54, 1.807) is 0 Å². The lowest BCUT2D eigenvalue weighted by Crippen LogP contribution is -2.40. The SMILES string of the molecule is CC/C=C\C/C=C\C/C=C\C/C=C\CCC(=O)OC(COC(=O)CCCCCCCCCCCCCCCC)COC(OCC[N+](C)(C)C)C(=O)O. The number of unbranched alkanes of at least 4 members (excludes halogenated alkanes) is 13. The standard InChI is InChI=1S/C43H75NO8/c1-6-8-10-12-14-16-18-20-22-23-25-27-29-31-33-40(45)50-37-39(38-51-43(42(47)48)49-36-35-44(3,4)5)52-41(46)34-32-30-28-26-24-21-19-17-15-13-11-9-7-2/h9,11,15,17,21,24,28,30,39,43H,6-8,10,12-14,16,18-20,22-23,25-27,29,31-38H2,1-5H3/p+1/b11-9-,17-15-,24-21-,30-28-. The van der Waals surface area contributed by atoms with Crippen molar-refractivity contribution in [3.63, 3.8) is 0 Å². The molecule has 0 aliphatic carbocycles. The van der Waals surface area contributed by atoms with Gasteiger partial charge in [0.2, 0.25) is 0 Å². The molecule has 9 heteroatoms. The Morgan fingerprint density at radius 1 is 0.596 bits per heavy atom. The van der Waals surface area contributed by atoms with Crippen LogP contribution in [0.15, 0.2) is 48.6 Å². The van der Waals surface area contributed by atoms with Gasteiger partial charge in [-0.1, -0.05) is 146 Å². The van der Waals surface area contributed by atoms with E-state index in [4.69, 9.17) is 18.9 Å². The summed E-state index contributed by atoms with van der Waals surface area (Å²) >= 11 is 0. The maximum Gasteiger partial charge on any atom is 0.361 e. The first-order chi connectivity index (χ1) is 25.1. The van der Waals surface area contributed by atoms with Gasteiger partial charge < -0.3 is 28.5 Å². The summed E-state index contributed by atoms with van der Waals surface area (Å²) in [6.07, 6.45) is 36.2. The van der Waals surface area contributed by atoms with Crippen molar-refractivity contribution in [2.75, 3.05) is 47.5 Å². The molecule has 2 atom stereocenters. The summed E-state index contributed by atoms with van der Waals surface area (Å²) in [4.78, 5) is 36.9. The molecule has 0 bridgehead atoms. The number of carbonyl (C=O) groups is 3. The summed E-state index contributed by atoms with van der Waals surface area (Å²) in [5, 5.41) is 9.59. The van der Waals surface area contributed by atoms with Gasteiger partial charge in [-0.05, 0) is 38.5 Å². The Kier molecular flexibility index (Phi) is 33.4. The van der Waals surface area contributed by atoms with Crippen LogP contribution in [-0.2, 0) is 33.3 Å². The molecule has 0 aromatic rings.